The molecular formula is C21H22N2O4. The van der Waals surface area contributed by atoms with Gasteiger partial charge in [0.15, 0.2) is 0 Å². The van der Waals surface area contributed by atoms with Gasteiger partial charge >= 0.3 is 12.2 Å². The van der Waals surface area contributed by atoms with Crippen LogP contribution in [-0.4, -0.2) is 38.0 Å². The predicted octanol–water partition coefficient (Wildman–Crippen LogP) is 3.41. The highest BCUT2D eigenvalue weighted by atomic mass is 16.6. The third-order valence-corrected chi connectivity index (χ3v) is 5.22. The number of benzene rings is 2. The SMILES string of the molecule is CNC(=O)OC1(CNC(=O)OCC2c3ccccc3-c3ccccc32)CC1. The minimum Gasteiger partial charge on any atom is -0.449 e. The minimum atomic E-state index is -0.592. The number of hydrogen-bond donors (Lipinski definition) is 2. The summed E-state index contributed by atoms with van der Waals surface area (Å²) in [7, 11) is 1.51. The molecule has 140 valence electrons. The number of rotatable bonds is 5. The van der Waals surface area contributed by atoms with Crippen LogP contribution in [-0.2, 0) is 9.47 Å². The number of hydrogen-bond acceptors (Lipinski definition) is 4. The summed E-state index contributed by atoms with van der Waals surface area (Å²) in [5.41, 5.74) is 4.14. The fourth-order valence-electron chi connectivity index (χ4n) is 3.58. The van der Waals surface area contributed by atoms with E-state index in [-0.39, 0.29) is 19.1 Å². The summed E-state index contributed by atoms with van der Waals surface area (Å²) in [6, 6.07) is 16.4. The van der Waals surface area contributed by atoms with Crippen molar-refractivity contribution in [1.82, 2.24) is 10.6 Å². The van der Waals surface area contributed by atoms with Crippen molar-refractivity contribution in [3.05, 3.63) is 59.7 Å². The van der Waals surface area contributed by atoms with Gasteiger partial charge in [-0.25, -0.2) is 9.59 Å². The van der Waals surface area contributed by atoms with E-state index in [0.29, 0.717) is 0 Å². The van der Waals surface area contributed by atoms with Crippen LogP contribution in [0, 0.1) is 0 Å². The molecule has 0 heterocycles. The standard InChI is InChI=1S/C21H22N2O4/c1-22-19(24)27-21(10-11-21)13-23-20(25)26-12-18-16-8-4-2-6-14(16)15-7-3-5-9-17(15)18/h2-9,18H,10-13H2,1H3,(H,22,24)(H,23,25). The molecule has 2 N–H and O–H groups in total. The monoisotopic (exact) mass is 366 g/mol. The average Bonchev–Trinajstić information content (AvgIpc) is 3.39. The van der Waals surface area contributed by atoms with Crippen LogP contribution < -0.4 is 10.6 Å². The Morgan fingerprint density at radius 2 is 1.59 bits per heavy atom. The van der Waals surface area contributed by atoms with E-state index < -0.39 is 17.8 Å². The summed E-state index contributed by atoms with van der Waals surface area (Å²) < 4.78 is 10.8. The van der Waals surface area contributed by atoms with Crippen molar-refractivity contribution in [2.75, 3.05) is 20.2 Å². The molecule has 0 spiro atoms. The molecule has 0 unspecified atom stereocenters. The van der Waals surface area contributed by atoms with Gasteiger partial charge in [-0.15, -0.1) is 0 Å². The smallest absolute Gasteiger partial charge is 0.407 e. The maximum atomic E-state index is 12.2. The third kappa shape index (κ3) is 3.47. The second-order valence-corrected chi connectivity index (χ2v) is 7.00. The Kier molecular flexibility index (Phi) is 4.48. The quantitative estimate of drug-likeness (QED) is 0.850. The number of nitrogens with one attached hydrogen (secondary N) is 2. The molecule has 2 aromatic rings. The molecule has 6 heteroatoms. The van der Waals surface area contributed by atoms with Gasteiger partial charge in [0.05, 0.1) is 6.54 Å². The van der Waals surface area contributed by atoms with Crippen LogP contribution >= 0.6 is 0 Å². The van der Waals surface area contributed by atoms with Crippen molar-refractivity contribution >= 4 is 12.2 Å². The second kappa shape index (κ2) is 6.95. The molecule has 1 saturated carbocycles. The van der Waals surface area contributed by atoms with Gasteiger partial charge in [0.1, 0.15) is 12.2 Å². The summed E-state index contributed by atoms with van der Waals surface area (Å²) >= 11 is 0. The first-order valence-corrected chi connectivity index (χ1v) is 9.11. The van der Waals surface area contributed by atoms with Gasteiger partial charge in [-0.2, -0.15) is 0 Å². The molecule has 0 bridgehead atoms. The zero-order valence-electron chi connectivity index (χ0n) is 15.2. The molecular weight excluding hydrogens is 344 g/mol. The molecule has 6 nitrogen and oxygen atoms in total. The van der Waals surface area contributed by atoms with Crippen LogP contribution in [0.25, 0.3) is 11.1 Å². The normalized spacial score (nSPS) is 16.0. The van der Waals surface area contributed by atoms with Crippen molar-refractivity contribution in [1.29, 1.82) is 0 Å². The topological polar surface area (TPSA) is 76.7 Å². The first kappa shape index (κ1) is 17.4. The van der Waals surface area contributed by atoms with Crippen molar-refractivity contribution in [3.63, 3.8) is 0 Å². The molecule has 1 fully saturated rings. The van der Waals surface area contributed by atoms with E-state index in [1.807, 2.05) is 24.3 Å². The molecule has 2 aliphatic rings. The molecule has 27 heavy (non-hydrogen) atoms. The molecule has 0 atom stereocenters. The minimum absolute atomic E-state index is 0.0279. The Hall–Kier alpha value is -3.02. The highest BCUT2D eigenvalue weighted by Crippen LogP contribution is 2.44. The van der Waals surface area contributed by atoms with E-state index in [1.54, 1.807) is 0 Å². The second-order valence-electron chi connectivity index (χ2n) is 7.00. The molecule has 0 aromatic heterocycles. The Morgan fingerprint density at radius 3 is 2.15 bits per heavy atom. The number of amides is 2. The van der Waals surface area contributed by atoms with Crippen LogP contribution in [0.5, 0.6) is 0 Å². The van der Waals surface area contributed by atoms with E-state index in [2.05, 4.69) is 34.9 Å². The number of carbonyl (C=O) groups excluding carboxylic acids is 2. The molecule has 0 saturated heterocycles. The largest absolute Gasteiger partial charge is 0.449 e. The average molecular weight is 366 g/mol. The molecule has 2 amide bonds. The maximum Gasteiger partial charge on any atom is 0.407 e. The van der Waals surface area contributed by atoms with E-state index in [4.69, 9.17) is 9.47 Å². The van der Waals surface area contributed by atoms with E-state index >= 15 is 0 Å². The van der Waals surface area contributed by atoms with Crippen molar-refractivity contribution in [2.45, 2.75) is 24.4 Å². The van der Waals surface area contributed by atoms with Crippen LogP contribution in [0.1, 0.15) is 29.9 Å². The Morgan fingerprint density at radius 1 is 1.00 bits per heavy atom. The summed E-state index contributed by atoms with van der Waals surface area (Å²) in [5.74, 6) is 0.0279. The van der Waals surface area contributed by atoms with Gasteiger partial charge in [0.25, 0.3) is 0 Å². The fourth-order valence-corrected chi connectivity index (χ4v) is 3.58. The van der Waals surface area contributed by atoms with Crippen LogP contribution in [0.3, 0.4) is 0 Å². The summed E-state index contributed by atoms with van der Waals surface area (Å²) in [6.07, 6.45) is 0.499. The van der Waals surface area contributed by atoms with Gasteiger partial charge in [0, 0.05) is 13.0 Å². The number of fused-ring (bicyclic) bond motifs is 3. The molecule has 4 rings (SSSR count). The van der Waals surface area contributed by atoms with Gasteiger partial charge in [-0.1, -0.05) is 48.5 Å². The van der Waals surface area contributed by atoms with E-state index in [1.165, 1.54) is 29.3 Å². The van der Waals surface area contributed by atoms with Gasteiger partial charge < -0.3 is 20.1 Å². The van der Waals surface area contributed by atoms with E-state index in [9.17, 15) is 9.59 Å². The first-order chi connectivity index (χ1) is 13.1. The Balaban J connectivity index is 1.36. The lowest BCUT2D eigenvalue weighted by atomic mass is 9.98. The number of alkyl carbamates (subject to hydrolysis) is 2. The molecule has 0 aliphatic heterocycles. The van der Waals surface area contributed by atoms with Crippen molar-refractivity contribution < 1.29 is 19.1 Å². The molecule has 0 radical (unpaired) electrons. The van der Waals surface area contributed by atoms with Gasteiger partial charge in [-0.3, -0.25) is 0 Å². The van der Waals surface area contributed by atoms with Crippen LogP contribution in [0.2, 0.25) is 0 Å². The summed E-state index contributed by atoms with van der Waals surface area (Å²) in [6.45, 7) is 0.528. The number of carbonyl (C=O) groups is 2. The van der Waals surface area contributed by atoms with E-state index in [0.717, 1.165) is 12.8 Å². The zero-order chi connectivity index (χ0) is 18.9. The lowest BCUT2D eigenvalue weighted by Crippen LogP contribution is -2.38. The van der Waals surface area contributed by atoms with Crippen molar-refractivity contribution in [3.8, 4) is 11.1 Å². The third-order valence-electron chi connectivity index (χ3n) is 5.22. The first-order valence-electron chi connectivity index (χ1n) is 9.11. The highest BCUT2D eigenvalue weighted by molar-refractivity contribution is 5.79. The summed E-state index contributed by atoms with van der Waals surface area (Å²) in [4.78, 5) is 23.5. The zero-order valence-corrected chi connectivity index (χ0v) is 15.2. The fraction of sp³-hybridized carbons (Fsp3) is 0.333. The number of ether oxygens (including phenoxy) is 2. The highest BCUT2D eigenvalue weighted by Gasteiger charge is 2.47. The Bertz CT molecular complexity index is 830. The summed E-state index contributed by atoms with van der Waals surface area (Å²) in [5, 5.41) is 5.15. The van der Waals surface area contributed by atoms with Crippen molar-refractivity contribution in [2.24, 2.45) is 0 Å². The Labute approximate surface area is 157 Å². The lowest BCUT2D eigenvalue weighted by molar-refractivity contribution is 0.0793. The lowest BCUT2D eigenvalue weighted by Gasteiger charge is -2.18. The predicted molar refractivity (Wildman–Crippen MR) is 101 cm³/mol. The maximum absolute atomic E-state index is 12.2. The van der Waals surface area contributed by atoms with Crippen LogP contribution in [0.4, 0.5) is 9.59 Å². The van der Waals surface area contributed by atoms with Gasteiger partial charge in [-0.05, 0) is 35.1 Å². The van der Waals surface area contributed by atoms with Crippen LogP contribution in [0.15, 0.2) is 48.5 Å². The molecule has 2 aliphatic carbocycles. The van der Waals surface area contributed by atoms with Gasteiger partial charge in [0.2, 0.25) is 0 Å². The molecule has 2 aromatic carbocycles.